The third-order valence-corrected chi connectivity index (χ3v) is 2.92. The van der Waals surface area contributed by atoms with E-state index in [-0.39, 0.29) is 11.9 Å². The maximum Gasteiger partial charge on any atom is 0.239 e. The highest BCUT2D eigenvalue weighted by molar-refractivity contribution is 5.81. The van der Waals surface area contributed by atoms with Crippen molar-refractivity contribution in [2.45, 2.75) is 26.3 Å². The van der Waals surface area contributed by atoms with E-state index in [0.29, 0.717) is 5.92 Å². The van der Waals surface area contributed by atoms with Gasteiger partial charge in [0.2, 0.25) is 5.91 Å². The minimum atomic E-state index is -0.0145. The Kier molecular flexibility index (Phi) is 7.39. The molecule has 0 aliphatic rings. The highest BCUT2D eigenvalue weighted by Gasteiger charge is 2.26. The first kappa shape index (κ1) is 16.4. The number of hydrogen-bond acceptors (Lipinski definition) is 3. The molecular formula is C13H29N3O. The number of amides is 1. The van der Waals surface area contributed by atoms with Crippen molar-refractivity contribution >= 4 is 5.91 Å². The molecule has 0 fully saturated rings. The van der Waals surface area contributed by atoms with Crippen molar-refractivity contribution in [3.05, 3.63) is 0 Å². The van der Waals surface area contributed by atoms with Gasteiger partial charge in [-0.1, -0.05) is 13.8 Å². The fourth-order valence-corrected chi connectivity index (χ4v) is 2.06. The van der Waals surface area contributed by atoms with Gasteiger partial charge in [-0.2, -0.15) is 0 Å². The molecule has 0 rings (SSSR count). The maximum atomic E-state index is 12.3. The zero-order valence-corrected chi connectivity index (χ0v) is 12.5. The standard InChI is InChI=1S/C13H29N3O/c1-11(2)12(15(5)6)13(17)16(7)10-8-9-14(3)4/h11-12H,8-10H2,1-7H3/t12-/m1/s1. The summed E-state index contributed by atoms with van der Waals surface area (Å²) < 4.78 is 0. The van der Waals surface area contributed by atoms with Gasteiger partial charge in [-0.3, -0.25) is 9.69 Å². The summed E-state index contributed by atoms with van der Waals surface area (Å²) in [7, 11) is 9.94. The average Bonchev–Trinajstić information content (AvgIpc) is 2.15. The molecule has 0 unspecified atom stereocenters. The van der Waals surface area contributed by atoms with Gasteiger partial charge < -0.3 is 9.80 Å². The first-order valence-electron chi connectivity index (χ1n) is 6.33. The molecule has 0 heterocycles. The molecule has 0 bridgehead atoms. The summed E-state index contributed by atoms with van der Waals surface area (Å²) >= 11 is 0. The molecule has 0 aliphatic carbocycles. The molecule has 1 atom stereocenters. The fourth-order valence-electron chi connectivity index (χ4n) is 2.06. The molecular weight excluding hydrogens is 214 g/mol. The third-order valence-electron chi connectivity index (χ3n) is 2.92. The summed E-state index contributed by atoms with van der Waals surface area (Å²) in [4.78, 5) is 18.3. The quantitative estimate of drug-likeness (QED) is 0.667. The van der Waals surface area contributed by atoms with Crippen LogP contribution in [0.15, 0.2) is 0 Å². The van der Waals surface area contributed by atoms with Crippen molar-refractivity contribution in [3.8, 4) is 0 Å². The van der Waals surface area contributed by atoms with E-state index in [2.05, 4.69) is 32.8 Å². The van der Waals surface area contributed by atoms with Gasteiger partial charge in [0.25, 0.3) is 0 Å². The fraction of sp³-hybridized carbons (Fsp3) is 0.923. The monoisotopic (exact) mass is 243 g/mol. The van der Waals surface area contributed by atoms with E-state index >= 15 is 0 Å². The Hall–Kier alpha value is -0.610. The van der Waals surface area contributed by atoms with Gasteiger partial charge in [0.05, 0.1) is 6.04 Å². The number of carbonyl (C=O) groups excluding carboxylic acids is 1. The summed E-state index contributed by atoms with van der Waals surface area (Å²) in [5.41, 5.74) is 0. The lowest BCUT2D eigenvalue weighted by molar-refractivity contribution is -0.136. The van der Waals surface area contributed by atoms with E-state index < -0.39 is 0 Å². The van der Waals surface area contributed by atoms with Crippen molar-refractivity contribution in [1.82, 2.24) is 14.7 Å². The van der Waals surface area contributed by atoms with Crippen molar-refractivity contribution < 1.29 is 4.79 Å². The van der Waals surface area contributed by atoms with Crippen molar-refractivity contribution in [2.75, 3.05) is 48.3 Å². The van der Waals surface area contributed by atoms with Crippen molar-refractivity contribution in [3.63, 3.8) is 0 Å². The molecule has 0 saturated heterocycles. The Morgan fingerprint density at radius 3 is 1.88 bits per heavy atom. The molecule has 17 heavy (non-hydrogen) atoms. The highest BCUT2D eigenvalue weighted by Crippen LogP contribution is 2.10. The van der Waals surface area contributed by atoms with Gasteiger partial charge in [-0.05, 0) is 47.1 Å². The smallest absolute Gasteiger partial charge is 0.239 e. The Labute approximate surface area is 107 Å². The van der Waals surface area contributed by atoms with Gasteiger partial charge in [0.1, 0.15) is 0 Å². The lowest BCUT2D eigenvalue weighted by Crippen LogP contribution is -2.47. The van der Waals surface area contributed by atoms with Gasteiger partial charge >= 0.3 is 0 Å². The second-order valence-corrected chi connectivity index (χ2v) is 5.57. The molecule has 1 amide bonds. The molecule has 0 radical (unpaired) electrons. The van der Waals surface area contributed by atoms with E-state index in [9.17, 15) is 4.79 Å². The zero-order chi connectivity index (χ0) is 13.6. The molecule has 4 nitrogen and oxygen atoms in total. The first-order chi connectivity index (χ1) is 7.77. The van der Waals surface area contributed by atoms with Gasteiger partial charge in [0.15, 0.2) is 0 Å². The van der Waals surface area contributed by atoms with E-state index in [1.54, 1.807) is 0 Å². The van der Waals surface area contributed by atoms with Crippen molar-refractivity contribution in [1.29, 1.82) is 0 Å². The number of rotatable bonds is 7. The van der Waals surface area contributed by atoms with Crippen LogP contribution in [0, 0.1) is 5.92 Å². The van der Waals surface area contributed by atoms with E-state index in [0.717, 1.165) is 19.5 Å². The average molecular weight is 243 g/mol. The lowest BCUT2D eigenvalue weighted by Gasteiger charge is -2.31. The minimum absolute atomic E-state index is 0.0145. The zero-order valence-electron chi connectivity index (χ0n) is 12.5. The maximum absolute atomic E-state index is 12.3. The summed E-state index contributed by atoms with van der Waals surface area (Å²) in [6, 6.07) is -0.0145. The van der Waals surface area contributed by atoms with Crippen LogP contribution >= 0.6 is 0 Å². The van der Waals surface area contributed by atoms with Crippen LogP contribution in [0.2, 0.25) is 0 Å². The van der Waals surface area contributed by atoms with E-state index in [1.165, 1.54) is 0 Å². The van der Waals surface area contributed by atoms with Crippen LogP contribution in [0.4, 0.5) is 0 Å². The van der Waals surface area contributed by atoms with Crippen LogP contribution in [0.5, 0.6) is 0 Å². The number of likely N-dealkylation sites (N-methyl/N-ethyl adjacent to an activating group) is 2. The topological polar surface area (TPSA) is 26.8 Å². The van der Waals surface area contributed by atoms with Crippen LogP contribution in [-0.4, -0.2) is 75.0 Å². The van der Waals surface area contributed by atoms with Crippen LogP contribution in [0.25, 0.3) is 0 Å². The molecule has 0 aliphatic heterocycles. The largest absolute Gasteiger partial charge is 0.344 e. The number of nitrogens with zero attached hydrogens (tertiary/aromatic N) is 3. The van der Waals surface area contributed by atoms with Crippen LogP contribution in [0.3, 0.4) is 0 Å². The number of hydrogen-bond donors (Lipinski definition) is 0. The third kappa shape index (κ3) is 6.03. The predicted molar refractivity (Wildman–Crippen MR) is 73.1 cm³/mol. The predicted octanol–water partition coefficient (Wildman–Crippen LogP) is 0.983. The molecule has 4 heteroatoms. The normalized spacial score (nSPS) is 13.5. The van der Waals surface area contributed by atoms with Gasteiger partial charge in [0, 0.05) is 13.6 Å². The Bertz CT molecular complexity index is 219. The number of carbonyl (C=O) groups is 1. The molecule has 0 N–H and O–H groups in total. The summed E-state index contributed by atoms with van der Waals surface area (Å²) in [6.45, 7) is 6.03. The van der Waals surface area contributed by atoms with Crippen molar-refractivity contribution in [2.24, 2.45) is 5.92 Å². The lowest BCUT2D eigenvalue weighted by atomic mass is 10.0. The summed E-state index contributed by atoms with van der Waals surface area (Å²) in [5.74, 6) is 0.567. The second kappa shape index (κ2) is 7.67. The highest BCUT2D eigenvalue weighted by atomic mass is 16.2. The van der Waals surface area contributed by atoms with Gasteiger partial charge in [-0.15, -0.1) is 0 Å². The van der Waals surface area contributed by atoms with E-state index in [1.807, 2.05) is 30.9 Å². The van der Waals surface area contributed by atoms with Gasteiger partial charge in [-0.25, -0.2) is 0 Å². The Balaban J connectivity index is 4.26. The summed E-state index contributed by atoms with van der Waals surface area (Å²) in [5, 5.41) is 0. The molecule has 0 saturated carbocycles. The molecule has 0 aromatic rings. The Morgan fingerprint density at radius 2 is 1.53 bits per heavy atom. The molecule has 0 spiro atoms. The minimum Gasteiger partial charge on any atom is -0.344 e. The molecule has 0 aromatic carbocycles. The molecule has 102 valence electrons. The first-order valence-corrected chi connectivity index (χ1v) is 6.33. The second-order valence-electron chi connectivity index (χ2n) is 5.57. The van der Waals surface area contributed by atoms with Crippen LogP contribution in [0.1, 0.15) is 20.3 Å². The van der Waals surface area contributed by atoms with E-state index in [4.69, 9.17) is 0 Å². The van der Waals surface area contributed by atoms with Crippen LogP contribution < -0.4 is 0 Å². The Morgan fingerprint density at radius 1 is 1.00 bits per heavy atom. The molecule has 0 aromatic heterocycles. The van der Waals surface area contributed by atoms with Crippen LogP contribution in [-0.2, 0) is 4.79 Å². The SMILES string of the molecule is CC(C)[C@H](C(=O)N(C)CCCN(C)C)N(C)C. The summed E-state index contributed by atoms with van der Waals surface area (Å²) in [6.07, 6.45) is 1.02.